The van der Waals surface area contributed by atoms with Crippen LogP contribution in [0.3, 0.4) is 0 Å². The highest BCUT2D eigenvalue weighted by Crippen LogP contribution is 2.21. The van der Waals surface area contributed by atoms with Crippen molar-refractivity contribution in [3.8, 4) is 0 Å². The minimum atomic E-state index is 0. The first-order valence-corrected chi connectivity index (χ1v) is 5.53. The number of amides is 1. The van der Waals surface area contributed by atoms with E-state index in [1.165, 1.54) is 5.69 Å². The molecule has 4 nitrogen and oxygen atoms in total. The predicted molar refractivity (Wildman–Crippen MR) is 79.8 cm³/mol. The van der Waals surface area contributed by atoms with E-state index in [1.54, 1.807) is 6.92 Å². The minimum Gasteiger partial charge on any atom is -0.399 e. The zero-order chi connectivity index (χ0) is 11.5. The van der Waals surface area contributed by atoms with Crippen LogP contribution in [0.15, 0.2) is 24.3 Å². The van der Waals surface area contributed by atoms with Gasteiger partial charge >= 0.3 is 0 Å². The Balaban J connectivity index is 0.00000144. The molecular weight excluding hydrogens is 273 g/mol. The molecule has 0 saturated carbocycles. The van der Waals surface area contributed by atoms with Crippen LogP contribution in [-0.4, -0.2) is 25.0 Å². The number of rotatable bonds is 2. The van der Waals surface area contributed by atoms with Gasteiger partial charge in [0.15, 0.2) is 0 Å². The summed E-state index contributed by atoms with van der Waals surface area (Å²) in [7, 11) is 0. The van der Waals surface area contributed by atoms with E-state index in [4.69, 9.17) is 5.73 Å². The molecular formula is C12H19Cl2N3O. The molecule has 0 aliphatic carbocycles. The maximum absolute atomic E-state index is 10.9. The standard InChI is InChI=1S/C12H17N3O.2ClH/c1-9(16)14-11-6-7-15(8-11)12-4-2-10(13)3-5-12;;/h2-5,11H,6-8,13H2,1H3,(H,14,16);2*1H. The van der Waals surface area contributed by atoms with Gasteiger partial charge in [-0.15, -0.1) is 24.8 Å². The average Bonchev–Trinajstić information content (AvgIpc) is 2.66. The Kier molecular flexibility index (Phi) is 6.88. The normalized spacial score (nSPS) is 17.6. The highest BCUT2D eigenvalue weighted by molar-refractivity contribution is 5.85. The summed E-state index contributed by atoms with van der Waals surface area (Å²) in [5, 5.41) is 2.95. The highest BCUT2D eigenvalue weighted by Gasteiger charge is 2.22. The summed E-state index contributed by atoms with van der Waals surface area (Å²) < 4.78 is 0. The molecule has 0 bridgehead atoms. The first-order chi connectivity index (χ1) is 7.65. The molecule has 1 amide bonds. The lowest BCUT2D eigenvalue weighted by atomic mass is 10.2. The van der Waals surface area contributed by atoms with Gasteiger partial charge in [-0.05, 0) is 30.7 Å². The molecule has 3 N–H and O–H groups in total. The van der Waals surface area contributed by atoms with Crippen molar-refractivity contribution in [2.45, 2.75) is 19.4 Å². The summed E-state index contributed by atoms with van der Waals surface area (Å²) >= 11 is 0. The van der Waals surface area contributed by atoms with Gasteiger partial charge in [-0.3, -0.25) is 4.79 Å². The molecule has 102 valence electrons. The Hall–Kier alpha value is -1.13. The summed E-state index contributed by atoms with van der Waals surface area (Å²) in [5.74, 6) is 0.0455. The quantitative estimate of drug-likeness (QED) is 0.818. The molecule has 1 unspecified atom stereocenters. The molecule has 1 atom stereocenters. The van der Waals surface area contributed by atoms with Crippen LogP contribution in [-0.2, 0) is 4.79 Å². The van der Waals surface area contributed by atoms with Crippen molar-refractivity contribution in [3.63, 3.8) is 0 Å². The SMILES string of the molecule is CC(=O)NC1CCN(c2ccc(N)cc2)C1.Cl.Cl. The predicted octanol–water partition coefficient (Wildman–Crippen LogP) is 1.83. The van der Waals surface area contributed by atoms with E-state index in [9.17, 15) is 4.79 Å². The van der Waals surface area contributed by atoms with Crippen molar-refractivity contribution >= 4 is 42.1 Å². The van der Waals surface area contributed by atoms with E-state index >= 15 is 0 Å². The maximum Gasteiger partial charge on any atom is 0.217 e. The molecule has 6 heteroatoms. The lowest BCUT2D eigenvalue weighted by molar-refractivity contribution is -0.119. The first-order valence-electron chi connectivity index (χ1n) is 5.53. The summed E-state index contributed by atoms with van der Waals surface area (Å²) in [6.07, 6.45) is 1.00. The van der Waals surface area contributed by atoms with E-state index < -0.39 is 0 Å². The molecule has 1 aliphatic heterocycles. The molecule has 1 saturated heterocycles. The molecule has 18 heavy (non-hydrogen) atoms. The van der Waals surface area contributed by atoms with E-state index in [0.29, 0.717) is 0 Å². The Morgan fingerprint density at radius 1 is 1.33 bits per heavy atom. The fraction of sp³-hybridized carbons (Fsp3) is 0.417. The van der Waals surface area contributed by atoms with Crippen molar-refractivity contribution in [3.05, 3.63) is 24.3 Å². The summed E-state index contributed by atoms with van der Waals surface area (Å²) in [4.78, 5) is 13.2. The van der Waals surface area contributed by atoms with Gasteiger partial charge in [0.05, 0.1) is 0 Å². The second kappa shape index (κ2) is 7.34. The molecule has 2 rings (SSSR count). The average molecular weight is 292 g/mol. The van der Waals surface area contributed by atoms with E-state index in [1.807, 2.05) is 24.3 Å². The van der Waals surface area contributed by atoms with E-state index in [0.717, 1.165) is 25.2 Å². The number of halogens is 2. The fourth-order valence-corrected chi connectivity index (χ4v) is 2.09. The zero-order valence-electron chi connectivity index (χ0n) is 10.3. The highest BCUT2D eigenvalue weighted by atomic mass is 35.5. The van der Waals surface area contributed by atoms with Gasteiger partial charge in [-0.25, -0.2) is 0 Å². The van der Waals surface area contributed by atoms with Crippen LogP contribution in [0, 0.1) is 0 Å². The maximum atomic E-state index is 10.9. The summed E-state index contributed by atoms with van der Waals surface area (Å²) in [6, 6.07) is 8.12. The second-order valence-corrected chi connectivity index (χ2v) is 4.22. The van der Waals surface area contributed by atoms with Crippen molar-refractivity contribution in [1.29, 1.82) is 0 Å². The number of hydrogen-bond donors (Lipinski definition) is 2. The molecule has 1 aliphatic rings. The third kappa shape index (κ3) is 4.27. The Morgan fingerprint density at radius 2 is 1.94 bits per heavy atom. The fourth-order valence-electron chi connectivity index (χ4n) is 2.09. The van der Waals surface area contributed by atoms with E-state index in [2.05, 4.69) is 10.2 Å². The van der Waals surface area contributed by atoms with Crippen molar-refractivity contribution in [1.82, 2.24) is 5.32 Å². The smallest absolute Gasteiger partial charge is 0.217 e. The number of benzene rings is 1. The molecule has 1 heterocycles. The third-order valence-corrected chi connectivity index (χ3v) is 2.85. The Morgan fingerprint density at radius 3 is 2.50 bits per heavy atom. The second-order valence-electron chi connectivity index (χ2n) is 4.22. The number of anilines is 2. The van der Waals surface area contributed by atoms with Crippen LogP contribution in [0.5, 0.6) is 0 Å². The van der Waals surface area contributed by atoms with Crippen LogP contribution in [0.2, 0.25) is 0 Å². The summed E-state index contributed by atoms with van der Waals surface area (Å²) in [5.41, 5.74) is 7.59. The van der Waals surface area contributed by atoms with Crippen molar-refractivity contribution in [2.24, 2.45) is 0 Å². The molecule has 1 fully saturated rings. The van der Waals surface area contributed by atoms with Crippen LogP contribution >= 0.6 is 24.8 Å². The number of nitrogens with one attached hydrogen (secondary N) is 1. The number of carbonyl (C=O) groups excluding carboxylic acids is 1. The number of carbonyl (C=O) groups is 1. The lowest BCUT2D eigenvalue weighted by Gasteiger charge is -2.18. The number of hydrogen-bond acceptors (Lipinski definition) is 3. The van der Waals surface area contributed by atoms with Gasteiger partial charge in [0.2, 0.25) is 5.91 Å². The number of nitrogen functional groups attached to an aromatic ring is 1. The van der Waals surface area contributed by atoms with E-state index in [-0.39, 0.29) is 36.8 Å². The topological polar surface area (TPSA) is 58.4 Å². The minimum absolute atomic E-state index is 0. The molecule has 0 aromatic heterocycles. The molecule has 0 radical (unpaired) electrons. The first kappa shape index (κ1) is 16.9. The summed E-state index contributed by atoms with van der Waals surface area (Å²) in [6.45, 7) is 3.42. The van der Waals surface area contributed by atoms with Crippen molar-refractivity contribution in [2.75, 3.05) is 23.7 Å². The van der Waals surface area contributed by atoms with Gasteiger partial charge in [-0.1, -0.05) is 0 Å². The van der Waals surface area contributed by atoms with Crippen molar-refractivity contribution < 1.29 is 4.79 Å². The molecule has 1 aromatic rings. The number of nitrogens with zero attached hydrogens (tertiary/aromatic N) is 1. The van der Waals surface area contributed by atoms with Crippen LogP contribution in [0.25, 0.3) is 0 Å². The van der Waals surface area contributed by atoms with Gasteiger partial charge in [0.25, 0.3) is 0 Å². The number of nitrogens with two attached hydrogens (primary N) is 1. The molecule has 1 aromatic carbocycles. The lowest BCUT2D eigenvalue weighted by Crippen LogP contribution is -2.35. The largest absolute Gasteiger partial charge is 0.399 e. The zero-order valence-corrected chi connectivity index (χ0v) is 11.9. The van der Waals surface area contributed by atoms with Gasteiger partial charge < -0.3 is 16.0 Å². The van der Waals surface area contributed by atoms with Gasteiger partial charge in [0.1, 0.15) is 0 Å². The van der Waals surface area contributed by atoms with Crippen LogP contribution < -0.4 is 16.0 Å². The monoisotopic (exact) mass is 291 g/mol. The van der Waals surface area contributed by atoms with Gasteiger partial charge in [-0.2, -0.15) is 0 Å². The Bertz CT molecular complexity index is 383. The molecule has 0 spiro atoms. The third-order valence-electron chi connectivity index (χ3n) is 2.85. The van der Waals surface area contributed by atoms with Crippen LogP contribution in [0.4, 0.5) is 11.4 Å². The Labute approximate surface area is 120 Å². The van der Waals surface area contributed by atoms with Crippen LogP contribution in [0.1, 0.15) is 13.3 Å². The van der Waals surface area contributed by atoms with Gasteiger partial charge in [0, 0.05) is 37.4 Å².